The number of carbonyl (C=O) groups is 2. The van der Waals surface area contributed by atoms with Crippen molar-refractivity contribution in [1.82, 2.24) is 9.88 Å². The molecule has 0 radical (unpaired) electrons. The second-order valence-corrected chi connectivity index (χ2v) is 7.84. The maximum Gasteiger partial charge on any atom is 0.313 e. The topological polar surface area (TPSA) is 84.7 Å². The zero-order valence-electron chi connectivity index (χ0n) is 15.2. The Morgan fingerprint density at radius 1 is 1.31 bits per heavy atom. The highest BCUT2D eigenvalue weighted by Crippen LogP contribution is 2.40. The standard InChI is InChI=1S/C19H23N3O4/c1-11-9-22(10-19(2,3)26-11)18(24)16(23)20-13-6-7-15-14(8-13)21-17(25-15)12-4-5-12/h6-8,11-12H,4-5,9-10H2,1-3H3,(H,20,23)/t11-/m0/s1. The fraction of sp³-hybridized carbons (Fsp3) is 0.526. The van der Waals surface area contributed by atoms with Crippen molar-refractivity contribution >= 4 is 28.6 Å². The smallest absolute Gasteiger partial charge is 0.313 e. The second-order valence-electron chi connectivity index (χ2n) is 7.84. The lowest BCUT2D eigenvalue weighted by Gasteiger charge is -2.41. The van der Waals surface area contributed by atoms with E-state index in [1.165, 1.54) is 0 Å². The molecule has 2 aromatic rings. The fourth-order valence-electron chi connectivity index (χ4n) is 3.46. The summed E-state index contributed by atoms with van der Waals surface area (Å²) < 4.78 is 11.5. The summed E-state index contributed by atoms with van der Waals surface area (Å²) in [6.45, 7) is 6.52. The molecule has 0 spiro atoms. The van der Waals surface area contributed by atoms with Gasteiger partial charge in [0.15, 0.2) is 11.5 Å². The summed E-state index contributed by atoms with van der Waals surface area (Å²) >= 11 is 0. The van der Waals surface area contributed by atoms with Gasteiger partial charge in [0.25, 0.3) is 0 Å². The summed E-state index contributed by atoms with van der Waals surface area (Å²) in [5.74, 6) is -0.0231. The van der Waals surface area contributed by atoms with Gasteiger partial charge in [-0.2, -0.15) is 0 Å². The Morgan fingerprint density at radius 3 is 2.77 bits per heavy atom. The van der Waals surface area contributed by atoms with Crippen molar-refractivity contribution in [3.8, 4) is 0 Å². The van der Waals surface area contributed by atoms with E-state index in [1.54, 1.807) is 23.1 Å². The third-order valence-corrected chi connectivity index (χ3v) is 4.64. The molecular formula is C19H23N3O4. The van der Waals surface area contributed by atoms with E-state index in [0.29, 0.717) is 35.8 Å². The van der Waals surface area contributed by atoms with Crippen LogP contribution in [0.4, 0.5) is 5.69 Å². The van der Waals surface area contributed by atoms with Crippen LogP contribution in [0.5, 0.6) is 0 Å². The van der Waals surface area contributed by atoms with Crippen molar-refractivity contribution in [3.05, 3.63) is 24.1 Å². The van der Waals surface area contributed by atoms with Crippen LogP contribution in [0.3, 0.4) is 0 Å². The molecule has 2 amide bonds. The Kier molecular flexibility index (Phi) is 3.99. The van der Waals surface area contributed by atoms with E-state index in [0.717, 1.165) is 18.7 Å². The monoisotopic (exact) mass is 357 g/mol. The molecule has 4 rings (SSSR count). The number of amides is 2. The van der Waals surface area contributed by atoms with Crippen molar-refractivity contribution in [2.45, 2.75) is 51.2 Å². The molecule has 1 atom stereocenters. The number of oxazole rings is 1. The van der Waals surface area contributed by atoms with Crippen LogP contribution in [0.15, 0.2) is 22.6 Å². The van der Waals surface area contributed by atoms with Gasteiger partial charge in [-0.05, 0) is 51.8 Å². The van der Waals surface area contributed by atoms with Crippen LogP contribution in [0.25, 0.3) is 11.1 Å². The van der Waals surface area contributed by atoms with Gasteiger partial charge in [0.1, 0.15) is 5.52 Å². The number of hydrogen-bond donors (Lipinski definition) is 1. The van der Waals surface area contributed by atoms with Gasteiger partial charge in [-0.1, -0.05) is 0 Å². The van der Waals surface area contributed by atoms with E-state index in [9.17, 15) is 9.59 Å². The molecule has 1 saturated heterocycles. The highest BCUT2D eigenvalue weighted by molar-refractivity contribution is 6.39. The maximum atomic E-state index is 12.5. The fourth-order valence-corrected chi connectivity index (χ4v) is 3.46. The summed E-state index contributed by atoms with van der Waals surface area (Å²) in [5.41, 5.74) is 1.46. The molecule has 7 nitrogen and oxygen atoms in total. The lowest BCUT2D eigenvalue weighted by Crippen LogP contribution is -2.56. The van der Waals surface area contributed by atoms with E-state index in [4.69, 9.17) is 9.15 Å². The zero-order valence-corrected chi connectivity index (χ0v) is 15.2. The third-order valence-electron chi connectivity index (χ3n) is 4.64. The molecule has 138 valence electrons. The van der Waals surface area contributed by atoms with Crippen molar-refractivity contribution in [2.75, 3.05) is 18.4 Å². The number of nitrogens with one attached hydrogen (secondary N) is 1. The van der Waals surface area contributed by atoms with Crippen LogP contribution >= 0.6 is 0 Å². The number of hydrogen-bond acceptors (Lipinski definition) is 5. The van der Waals surface area contributed by atoms with Crippen molar-refractivity contribution in [1.29, 1.82) is 0 Å². The van der Waals surface area contributed by atoms with Gasteiger partial charge in [0, 0.05) is 24.7 Å². The minimum Gasteiger partial charge on any atom is -0.440 e. The average Bonchev–Trinajstić information content (AvgIpc) is 3.32. The van der Waals surface area contributed by atoms with Crippen LogP contribution < -0.4 is 5.32 Å². The van der Waals surface area contributed by atoms with E-state index in [-0.39, 0.29) is 6.10 Å². The average molecular weight is 357 g/mol. The first kappa shape index (κ1) is 17.0. The lowest BCUT2D eigenvalue weighted by atomic mass is 10.1. The van der Waals surface area contributed by atoms with Crippen molar-refractivity contribution in [2.24, 2.45) is 0 Å². The molecular weight excluding hydrogens is 334 g/mol. The molecule has 7 heteroatoms. The summed E-state index contributed by atoms with van der Waals surface area (Å²) in [4.78, 5) is 30.9. The summed E-state index contributed by atoms with van der Waals surface area (Å²) in [6.07, 6.45) is 2.11. The molecule has 2 aliphatic rings. The summed E-state index contributed by atoms with van der Waals surface area (Å²) in [6, 6.07) is 5.23. The van der Waals surface area contributed by atoms with E-state index < -0.39 is 17.4 Å². The van der Waals surface area contributed by atoms with Gasteiger partial charge in [-0.15, -0.1) is 0 Å². The van der Waals surface area contributed by atoms with Crippen LogP contribution in [0.1, 0.15) is 45.4 Å². The first-order valence-electron chi connectivity index (χ1n) is 8.99. The quantitative estimate of drug-likeness (QED) is 0.835. The number of aromatic nitrogens is 1. The van der Waals surface area contributed by atoms with Gasteiger partial charge in [0.05, 0.1) is 11.7 Å². The second kappa shape index (κ2) is 6.09. The predicted octanol–water partition coefficient (Wildman–Crippen LogP) is 2.67. The Hall–Kier alpha value is -2.41. The number of nitrogens with zero attached hydrogens (tertiary/aromatic N) is 2. The normalized spacial score (nSPS) is 22.4. The predicted molar refractivity (Wildman–Crippen MR) is 95.8 cm³/mol. The van der Waals surface area contributed by atoms with Crippen LogP contribution in [-0.2, 0) is 14.3 Å². The SMILES string of the molecule is C[C@H]1CN(C(=O)C(=O)Nc2ccc3oc(C4CC4)nc3c2)CC(C)(C)O1. The minimum absolute atomic E-state index is 0.108. The highest BCUT2D eigenvalue weighted by Gasteiger charge is 2.36. The Morgan fingerprint density at radius 2 is 2.08 bits per heavy atom. The van der Waals surface area contributed by atoms with Crippen LogP contribution in [0.2, 0.25) is 0 Å². The molecule has 1 aromatic carbocycles. The lowest BCUT2D eigenvalue weighted by molar-refractivity contribution is -0.161. The van der Waals surface area contributed by atoms with Crippen LogP contribution in [0, 0.1) is 0 Å². The Bertz CT molecular complexity index is 869. The van der Waals surface area contributed by atoms with Gasteiger partial charge in [-0.3, -0.25) is 9.59 Å². The molecule has 2 heterocycles. The number of morpholine rings is 1. The molecule has 0 unspecified atom stereocenters. The number of ether oxygens (including phenoxy) is 1. The highest BCUT2D eigenvalue weighted by atomic mass is 16.5. The largest absolute Gasteiger partial charge is 0.440 e. The molecule has 1 aromatic heterocycles. The third kappa shape index (κ3) is 3.44. The number of fused-ring (bicyclic) bond motifs is 1. The first-order valence-corrected chi connectivity index (χ1v) is 8.99. The van der Waals surface area contributed by atoms with Crippen molar-refractivity contribution in [3.63, 3.8) is 0 Å². The molecule has 26 heavy (non-hydrogen) atoms. The van der Waals surface area contributed by atoms with Gasteiger partial charge < -0.3 is 19.4 Å². The maximum absolute atomic E-state index is 12.5. The number of anilines is 1. The number of rotatable bonds is 2. The molecule has 1 aliphatic carbocycles. The first-order chi connectivity index (χ1) is 12.3. The van der Waals surface area contributed by atoms with Gasteiger partial charge in [0.2, 0.25) is 0 Å². The van der Waals surface area contributed by atoms with E-state index >= 15 is 0 Å². The molecule has 1 aliphatic heterocycles. The minimum atomic E-state index is -0.653. The number of carbonyl (C=O) groups excluding carboxylic acids is 2. The summed E-state index contributed by atoms with van der Waals surface area (Å²) in [5, 5.41) is 2.67. The Balaban J connectivity index is 1.46. The Labute approximate surface area is 151 Å². The molecule has 0 bridgehead atoms. The van der Waals surface area contributed by atoms with Crippen molar-refractivity contribution < 1.29 is 18.7 Å². The zero-order chi connectivity index (χ0) is 18.5. The molecule has 2 fully saturated rings. The molecule has 1 N–H and O–H groups in total. The van der Waals surface area contributed by atoms with Gasteiger partial charge in [-0.25, -0.2) is 4.98 Å². The van der Waals surface area contributed by atoms with E-state index in [1.807, 2.05) is 20.8 Å². The van der Waals surface area contributed by atoms with Crippen LogP contribution in [-0.4, -0.2) is 46.5 Å². The van der Waals surface area contributed by atoms with E-state index in [2.05, 4.69) is 10.3 Å². The van der Waals surface area contributed by atoms with Gasteiger partial charge >= 0.3 is 11.8 Å². The summed E-state index contributed by atoms with van der Waals surface area (Å²) in [7, 11) is 0. The molecule has 1 saturated carbocycles. The number of benzene rings is 1.